The normalized spacial score (nSPS) is 30.4. The molecule has 0 spiro atoms. The highest BCUT2D eigenvalue weighted by atomic mass is 19.2. The van der Waals surface area contributed by atoms with Crippen LogP contribution >= 0.6 is 0 Å². The van der Waals surface area contributed by atoms with Crippen LogP contribution in [0.1, 0.15) is 70.1 Å². The van der Waals surface area contributed by atoms with Gasteiger partial charge in [0.05, 0.1) is 13.2 Å². The quantitative estimate of drug-likeness (QED) is 0.583. The molecule has 3 rings (SSSR count). The second kappa shape index (κ2) is 9.09. The summed E-state index contributed by atoms with van der Waals surface area (Å²) >= 11 is 0. The summed E-state index contributed by atoms with van der Waals surface area (Å²) in [6, 6.07) is 3.83. The Morgan fingerprint density at radius 2 is 1.64 bits per heavy atom. The monoisotopic (exact) mass is 352 g/mol. The van der Waals surface area contributed by atoms with Crippen LogP contribution in [0.5, 0.6) is 0 Å². The number of unbranched alkanes of at least 4 members (excludes halogenated alkanes) is 2. The maximum atomic E-state index is 13.4. The molecule has 1 aliphatic heterocycles. The van der Waals surface area contributed by atoms with Crippen molar-refractivity contribution in [3.05, 3.63) is 35.4 Å². The van der Waals surface area contributed by atoms with Crippen molar-refractivity contribution in [2.24, 2.45) is 17.8 Å². The van der Waals surface area contributed by atoms with Crippen molar-refractivity contribution < 1.29 is 18.3 Å². The predicted octanol–water partition coefficient (Wildman–Crippen LogP) is 6.01. The van der Waals surface area contributed by atoms with Crippen LogP contribution in [0.2, 0.25) is 0 Å². The van der Waals surface area contributed by atoms with Gasteiger partial charge in [0.25, 0.3) is 0 Å². The molecule has 2 nitrogen and oxygen atoms in total. The molecule has 2 aliphatic rings. The maximum Gasteiger partial charge on any atom is 0.183 e. The Labute approximate surface area is 149 Å². The van der Waals surface area contributed by atoms with Crippen LogP contribution in [0, 0.1) is 29.4 Å². The fraction of sp³-hybridized carbons (Fsp3) is 0.714. The second-order valence-corrected chi connectivity index (χ2v) is 7.71. The van der Waals surface area contributed by atoms with Gasteiger partial charge in [-0.05, 0) is 36.8 Å². The minimum atomic E-state index is -0.854. The van der Waals surface area contributed by atoms with E-state index in [0.29, 0.717) is 30.6 Å². The molecule has 0 amide bonds. The lowest BCUT2D eigenvalue weighted by molar-refractivity contribution is -0.214. The van der Waals surface area contributed by atoms with Crippen LogP contribution in [0.25, 0.3) is 0 Å². The fourth-order valence-electron chi connectivity index (χ4n) is 4.27. The SMILES string of the molecule is CCCCC[C@H]1CC[C@H]([C@H]2CO[C@H](c3ccc(F)c(F)c3)OC2)CC1. The van der Waals surface area contributed by atoms with E-state index in [9.17, 15) is 8.78 Å². The fourth-order valence-corrected chi connectivity index (χ4v) is 4.27. The number of ether oxygens (including phenoxy) is 2. The summed E-state index contributed by atoms with van der Waals surface area (Å²) < 4.78 is 38.0. The number of benzene rings is 1. The Morgan fingerprint density at radius 3 is 2.28 bits per heavy atom. The summed E-state index contributed by atoms with van der Waals surface area (Å²) in [6.07, 6.45) is 10.0. The summed E-state index contributed by atoms with van der Waals surface area (Å²) in [7, 11) is 0. The van der Waals surface area contributed by atoms with Crippen LogP contribution in [0.15, 0.2) is 18.2 Å². The van der Waals surface area contributed by atoms with Crippen molar-refractivity contribution >= 4 is 0 Å². The minimum absolute atomic E-state index is 0.429. The Bertz CT molecular complexity index is 533. The number of hydrogen-bond acceptors (Lipinski definition) is 2. The average molecular weight is 352 g/mol. The van der Waals surface area contributed by atoms with Crippen LogP contribution in [0.4, 0.5) is 8.78 Å². The standard InChI is InChI=1S/C21H30F2O2/c1-2-3-4-5-15-6-8-16(9-7-15)18-13-24-21(25-14-18)17-10-11-19(22)20(23)12-17/h10-12,15-16,18,21H,2-9,13-14H2,1H3/t15-,16-,18-,21-. The van der Waals surface area contributed by atoms with E-state index in [4.69, 9.17) is 9.47 Å². The molecule has 1 aromatic rings. The molecule has 0 aromatic heterocycles. The van der Waals surface area contributed by atoms with Gasteiger partial charge >= 0.3 is 0 Å². The summed E-state index contributed by atoms with van der Waals surface area (Å²) in [4.78, 5) is 0. The van der Waals surface area contributed by atoms with Crippen molar-refractivity contribution in [3.8, 4) is 0 Å². The molecular formula is C21H30F2O2. The summed E-state index contributed by atoms with van der Waals surface area (Å²) in [5.41, 5.74) is 0.553. The zero-order chi connectivity index (χ0) is 17.6. The highest BCUT2D eigenvalue weighted by molar-refractivity contribution is 5.19. The first-order valence-electron chi connectivity index (χ1n) is 9.85. The van der Waals surface area contributed by atoms with Crippen LogP contribution < -0.4 is 0 Å². The number of hydrogen-bond donors (Lipinski definition) is 0. The van der Waals surface area contributed by atoms with Gasteiger partial charge in [-0.25, -0.2) is 8.78 Å². The molecule has 4 heteroatoms. The van der Waals surface area contributed by atoms with E-state index in [0.717, 1.165) is 12.0 Å². The van der Waals surface area contributed by atoms with Crippen molar-refractivity contribution in [2.45, 2.75) is 64.6 Å². The van der Waals surface area contributed by atoms with Gasteiger partial charge in [0, 0.05) is 11.5 Å². The Hall–Kier alpha value is -1.00. The molecule has 1 heterocycles. The lowest BCUT2D eigenvalue weighted by Gasteiger charge is -2.38. The van der Waals surface area contributed by atoms with Crippen LogP contribution in [0.3, 0.4) is 0 Å². The largest absolute Gasteiger partial charge is 0.348 e. The van der Waals surface area contributed by atoms with E-state index < -0.39 is 17.9 Å². The van der Waals surface area contributed by atoms with Crippen molar-refractivity contribution in [2.75, 3.05) is 13.2 Å². The Kier molecular flexibility index (Phi) is 6.83. The lowest BCUT2D eigenvalue weighted by Crippen LogP contribution is -2.34. The molecule has 0 unspecified atom stereocenters. The van der Waals surface area contributed by atoms with E-state index in [1.54, 1.807) is 0 Å². The molecular weight excluding hydrogens is 322 g/mol. The highest BCUT2D eigenvalue weighted by Gasteiger charge is 2.32. The molecule has 1 saturated carbocycles. The third kappa shape index (κ3) is 5.01. The Morgan fingerprint density at radius 1 is 0.920 bits per heavy atom. The predicted molar refractivity (Wildman–Crippen MR) is 94.1 cm³/mol. The third-order valence-corrected chi connectivity index (χ3v) is 5.91. The third-order valence-electron chi connectivity index (χ3n) is 5.91. The first kappa shape index (κ1) is 18.8. The number of rotatable bonds is 6. The molecule has 140 valence electrons. The van der Waals surface area contributed by atoms with Crippen LogP contribution in [-0.4, -0.2) is 13.2 Å². The van der Waals surface area contributed by atoms with Gasteiger partial charge in [-0.1, -0.05) is 51.5 Å². The maximum absolute atomic E-state index is 13.4. The topological polar surface area (TPSA) is 18.5 Å². The Balaban J connectivity index is 1.43. The minimum Gasteiger partial charge on any atom is -0.348 e. The smallest absolute Gasteiger partial charge is 0.183 e. The first-order valence-corrected chi connectivity index (χ1v) is 9.85. The van der Waals surface area contributed by atoms with E-state index >= 15 is 0 Å². The average Bonchev–Trinajstić information content (AvgIpc) is 2.65. The molecule has 1 aromatic carbocycles. The molecule has 1 aliphatic carbocycles. The summed E-state index contributed by atoms with van der Waals surface area (Å²) in [6.45, 7) is 3.55. The first-order chi connectivity index (χ1) is 12.2. The van der Waals surface area contributed by atoms with Crippen molar-refractivity contribution in [1.29, 1.82) is 0 Å². The van der Waals surface area contributed by atoms with Gasteiger partial charge in [0.15, 0.2) is 17.9 Å². The van der Waals surface area contributed by atoms with Gasteiger partial charge < -0.3 is 9.47 Å². The van der Waals surface area contributed by atoms with Gasteiger partial charge in [0.1, 0.15) is 0 Å². The summed E-state index contributed by atoms with van der Waals surface area (Å²) in [5, 5.41) is 0. The van der Waals surface area contributed by atoms with Crippen LogP contribution in [-0.2, 0) is 9.47 Å². The molecule has 1 saturated heterocycles. The van der Waals surface area contributed by atoms with E-state index in [-0.39, 0.29) is 0 Å². The molecule has 0 bridgehead atoms. The van der Waals surface area contributed by atoms with Gasteiger partial charge in [-0.15, -0.1) is 0 Å². The molecule has 0 radical (unpaired) electrons. The molecule has 2 fully saturated rings. The van der Waals surface area contributed by atoms with E-state index in [1.807, 2.05) is 0 Å². The highest BCUT2D eigenvalue weighted by Crippen LogP contribution is 2.38. The zero-order valence-corrected chi connectivity index (χ0v) is 15.2. The lowest BCUT2D eigenvalue weighted by atomic mass is 9.74. The van der Waals surface area contributed by atoms with Gasteiger partial charge in [-0.2, -0.15) is 0 Å². The second-order valence-electron chi connectivity index (χ2n) is 7.71. The number of halogens is 2. The van der Waals surface area contributed by atoms with E-state index in [1.165, 1.54) is 63.5 Å². The molecule has 0 N–H and O–H groups in total. The van der Waals surface area contributed by atoms with Crippen molar-refractivity contribution in [1.82, 2.24) is 0 Å². The van der Waals surface area contributed by atoms with Gasteiger partial charge in [0.2, 0.25) is 0 Å². The summed E-state index contributed by atoms with van der Waals surface area (Å²) in [5.74, 6) is 0.316. The van der Waals surface area contributed by atoms with E-state index in [2.05, 4.69) is 6.92 Å². The van der Waals surface area contributed by atoms with Crippen molar-refractivity contribution in [3.63, 3.8) is 0 Å². The zero-order valence-electron chi connectivity index (χ0n) is 15.2. The van der Waals surface area contributed by atoms with Gasteiger partial charge in [-0.3, -0.25) is 0 Å². The molecule has 0 atom stereocenters. The molecule has 25 heavy (non-hydrogen) atoms.